The Morgan fingerprint density at radius 2 is 1.61 bits per heavy atom. The van der Waals surface area contributed by atoms with Crippen molar-refractivity contribution in [3.8, 4) is 5.75 Å². The van der Waals surface area contributed by atoms with Crippen molar-refractivity contribution in [1.29, 1.82) is 0 Å². The Kier molecular flexibility index (Phi) is 7.95. The van der Waals surface area contributed by atoms with Crippen LogP contribution in [0.25, 0.3) is 0 Å². The topological polar surface area (TPSA) is 61.9 Å². The van der Waals surface area contributed by atoms with Gasteiger partial charge in [0.25, 0.3) is 0 Å². The fraction of sp³-hybridized carbons (Fsp3) is 0.333. The van der Waals surface area contributed by atoms with Crippen molar-refractivity contribution in [2.24, 2.45) is 0 Å². The summed E-state index contributed by atoms with van der Waals surface area (Å²) in [7, 11) is 1.58. The third kappa shape index (κ3) is 6.06. The molecular weight excluding hydrogens is 361 g/mol. The van der Waals surface area contributed by atoms with Crippen LogP contribution in [-0.2, 0) is 9.59 Å². The monoisotopic (exact) mass is 387 g/mol. The molecular formula is C21H26FN3O3. The van der Waals surface area contributed by atoms with E-state index in [-0.39, 0.29) is 30.7 Å². The number of ether oxygens (including phenoxy) is 1. The van der Waals surface area contributed by atoms with Crippen LogP contribution in [0.3, 0.4) is 0 Å². The molecule has 0 saturated heterocycles. The SMILES string of the molecule is CCN(CC(=O)Nc1ccc(OC)cc1)CC(=O)N(CC)c1ccc(F)cc1. The van der Waals surface area contributed by atoms with E-state index in [0.717, 1.165) is 0 Å². The highest BCUT2D eigenvalue weighted by Gasteiger charge is 2.19. The normalized spacial score (nSPS) is 10.6. The first-order chi connectivity index (χ1) is 13.5. The van der Waals surface area contributed by atoms with E-state index >= 15 is 0 Å². The summed E-state index contributed by atoms with van der Waals surface area (Å²) in [4.78, 5) is 28.3. The summed E-state index contributed by atoms with van der Waals surface area (Å²) in [5, 5.41) is 2.81. The summed E-state index contributed by atoms with van der Waals surface area (Å²) in [5.74, 6) is 0.00900. The highest BCUT2D eigenvalue weighted by atomic mass is 19.1. The molecule has 0 aliphatic carbocycles. The van der Waals surface area contributed by atoms with Crippen LogP contribution in [0.2, 0.25) is 0 Å². The molecule has 0 aliphatic rings. The van der Waals surface area contributed by atoms with E-state index < -0.39 is 0 Å². The predicted octanol–water partition coefficient (Wildman–Crippen LogP) is 3.15. The smallest absolute Gasteiger partial charge is 0.241 e. The van der Waals surface area contributed by atoms with E-state index in [1.807, 2.05) is 13.8 Å². The van der Waals surface area contributed by atoms with Gasteiger partial charge in [0.05, 0.1) is 20.2 Å². The van der Waals surface area contributed by atoms with Crippen molar-refractivity contribution in [2.45, 2.75) is 13.8 Å². The zero-order valence-electron chi connectivity index (χ0n) is 16.4. The quantitative estimate of drug-likeness (QED) is 0.718. The van der Waals surface area contributed by atoms with Crippen molar-refractivity contribution in [2.75, 3.05) is 43.5 Å². The lowest BCUT2D eigenvalue weighted by Gasteiger charge is -2.25. The molecule has 0 atom stereocenters. The summed E-state index contributed by atoms with van der Waals surface area (Å²) >= 11 is 0. The molecule has 0 radical (unpaired) electrons. The van der Waals surface area contributed by atoms with Crippen LogP contribution in [-0.4, -0.2) is 50.0 Å². The third-order valence-corrected chi connectivity index (χ3v) is 4.30. The summed E-state index contributed by atoms with van der Waals surface area (Å²) in [6.07, 6.45) is 0. The summed E-state index contributed by atoms with van der Waals surface area (Å²) in [6, 6.07) is 12.8. The van der Waals surface area contributed by atoms with Crippen molar-refractivity contribution in [3.63, 3.8) is 0 Å². The molecule has 0 unspecified atom stereocenters. The first-order valence-corrected chi connectivity index (χ1v) is 9.19. The molecule has 2 aromatic rings. The summed E-state index contributed by atoms with van der Waals surface area (Å²) in [5.41, 5.74) is 1.29. The van der Waals surface area contributed by atoms with E-state index in [4.69, 9.17) is 4.74 Å². The van der Waals surface area contributed by atoms with Crippen LogP contribution in [0.15, 0.2) is 48.5 Å². The van der Waals surface area contributed by atoms with Gasteiger partial charge in [-0.3, -0.25) is 14.5 Å². The fourth-order valence-corrected chi connectivity index (χ4v) is 2.76. The largest absolute Gasteiger partial charge is 0.497 e. The molecule has 0 bridgehead atoms. The van der Waals surface area contributed by atoms with E-state index in [9.17, 15) is 14.0 Å². The Morgan fingerprint density at radius 1 is 0.964 bits per heavy atom. The first kappa shape index (κ1) is 21.4. The Bertz CT molecular complexity index is 778. The van der Waals surface area contributed by atoms with Crippen LogP contribution in [0, 0.1) is 5.82 Å². The molecule has 2 aromatic carbocycles. The highest BCUT2D eigenvalue weighted by Crippen LogP contribution is 2.16. The van der Waals surface area contributed by atoms with Gasteiger partial charge >= 0.3 is 0 Å². The molecule has 2 amide bonds. The van der Waals surface area contributed by atoms with E-state index in [1.165, 1.54) is 12.1 Å². The van der Waals surface area contributed by atoms with Crippen molar-refractivity contribution >= 4 is 23.2 Å². The number of rotatable bonds is 9. The van der Waals surface area contributed by atoms with Gasteiger partial charge in [0.2, 0.25) is 11.8 Å². The van der Waals surface area contributed by atoms with Gasteiger partial charge in [-0.05, 0) is 62.0 Å². The number of nitrogens with one attached hydrogen (secondary N) is 1. The maximum Gasteiger partial charge on any atom is 0.241 e. The number of benzene rings is 2. The molecule has 7 heteroatoms. The second-order valence-corrected chi connectivity index (χ2v) is 6.19. The van der Waals surface area contributed by atoms with Gasteiger partial charge in [-0.2, -0.15) is 0 Å². The molecule has 0 spiro atoms. The minimum Gasteiger partial charge on any atom is -0.497 e. The molecule has 0 heterocycles. The van der Waals surface area contributed by atoms with E-state index in [2.05, 4.69) is 5.32 Å². The van der Waals surface area contributed by atoms with Gasteiger partial charge < -0.3 is 15.0 Å². The molecule has 0 saturated carbocycles. The van der Waals surface area contributed by atoms with Gasteiger partial charge in [0.15, 0.2) is 0 Å². The number of methoxy groups -OCH3 is 1. The number of carbonyl (C=O) groups excluding carboxylic acids is 2. The maximum absolute atomic E-state index is 13.1. The van der Waals surface area contributed by atoms with Gasteiger partial charge in [0.1, 0.15) is 11.6 Å². The number of amides is 2. The minimum atomic E-state index is -0.349. The lowest BCUT2D eigenvalue weighted by atomic mass is 10.2. The Balaban J connectivity index is 1.94. The van der Waals surface area contributed by atoms with Gasteiger partial charge in [-0.1, -0.05) is 6.92 Å². The number of likely N-dealkylation sites (N-methyl/N-ethyl adjacent to an activating group) is 2. The van der Waals surface area contributed by atoms with Gasteiger partial charge in [-0.25, -0.2) is 4.39 Å². The average Bonchev–Trinajstić information content (AvgIpc) is 2.70. The van der Waals surface area contributed by atoms with Crippen LogP contribution < -0.4 is 15.0 Å². The van der Waals surface area contributed by atoms with Crippen molar-refractivity contribution in [3.05, 3.63) is 54.3 Å². The number of anilines is 2. The molecule has 0 aliphatic heterocycles. The molecule has 0 aromatic heterocycles. The summed E-state index contributed by atoms with van der Waals surface area (Å²) < 4.78 is 18.2. The third-order valence-electron chi connectivity index (χ3n) is 4.30. The minimum absolute atomic E-state index is 0.0925. The van der Waals surface area contributed by atoms with Gasteiger partial charge in [0, 0.05) is 17.9 Å². The highest BCUT2D eigenvalue weighted by molar-refractivity contribution is 5.96. The standard InChI is InChI=1S/C21H26FN3O3/c1-4-24(14-20(26)23-17-8-12-19(28-3)13-9-17)15-21(27)25(5-2)18-10-6-16(22)7-11-18/h6-13H,4-5,14-15H2,1-3H3,(H,23,26). The lowest BCUT2D eigenvalue weighted by molar-refractivity contribution is -0.121. The lowest BCUT2D eigenvalue weighted by Crippen LogP contribution is -2.43. The molecule has 150 valence electrons. The number of halogens is 1. The molecule has 6 nitrogen and oxygen atoms in total. The van der Waals surface area contributed by atoms with E-state index in [0.29, 0.717) is 30.2 Å². The van der Waals surface area contributed by atoms with Crippen LogP contribution in [0.4, 0.5) is 15.8 Å². The van der Waals surface area contributed by atoms with Crippen LogP contribution in [0.5, 0.6) is 5.75 Å². The average molecular weight is 387 g/mol. The van der Waals surface area contributed by atoms with Crippen LogP contribution >= 0.6 is 0 Å². The van der Waals surface area contributed by atoms with Crippen LogP contribution in [0.1, 0.15) is 13.8 Å². The number of carbonyl (C=O) groups is 2. The number of hydrogen-bond donors (Lipinski definition) is 1. The fourth-order valence-electron chi connectivity index (χ4n) is 2.76. The predicted molar refractivity (Wildman–Crippen MR) is 108 cm³/mol. The molecule has 1 N–H and O–H groups in total. The second-order valence-electron chi connectivity index (χ2n) is 6.19. The Morgan fingerprint density at radius 3 is 2.14 bits per heavy atom. The van der Waals surface area contributed by atoms with Crippen molar-refractivity contribution in [1.82, 2.24) is 4.90 Å². The maximum atomic E-state index is 13.1. The molecule has 2 rings (SSSR count). The number of hydrogen-bond acceptors (Lipinski definition) is 4. The zero-order valence-corrected chi connectivity index (χ0v) is 16.4. The zero-order chi connectivity index (χ0) is 20.5. The molecule has 0 fully saturated rings. The Hall–Kier alpha value is -2.93. The Labute approximate surface area is 164 Å². The van der Waals surface area contributed by atoms with E-state index in [1.54, 1.807) is 53.3 Å². The summed E-state index contributed by atoms with van der Waals surface area (Å²) in [6.45, 7) is 4.94. The van der Waals surface area contributed by atoms with Gasteiger partial charge in [-0.15, -0.1) is 0 Å². The first-order valence-electron chi connectivity index (χ1n) is 9.19. The molecule has 28 heavy (non-hydrogen) atoms. The second kappa shape index (κ2) is 10.4. The van der Waals surface area contributed by atoms with Crippen molar-refractivity contribution < 1.29 is 18.7 Å². The number of nitrogens with zero attached hydrogens (tertiary/aromatic N) is 2.